The summed E-state index contributed by atoms with van der Waals surface area (Å²) in [6.07, 6.45) is -0.227. The lowest BCUT2D eigenvalue weighted by Crippen LogP contribution is -2.57. The minimum atomic E-state index is -1.34. The number of fused-ring (bicyclic) bond motifs is 1. The van der Waals surface area contributed by atoms with Gasteiger partial charge in [0.1, 0.15) is 18.7 Å². The molecule has 0 aliphatic rings. The standard InChI is InChI=1S/C39H50N6O8/c1-24(2)16-31(35(48)19-36(49)42-34(21-46)25(3)47)43-38(51)33(18-29-20-40-23-41-29)44-37(50)32(45-39(52)53-22-26-10-5-4-6-11-26)17-28-14-9-13-27-12-7-8-15-30(27)28/h4-15,20,23-25,31-35,46-48H,16-19,21-22H2,1-3H3,(H,40,41)(H,42,49)(H,43,51)(H,44,50)(H,45,52)/t25?,31-,32-,33-,34?,35-/m0/s1. The molecule has 0 aliphatic heterocycles. The fourth-order valence-corrected chi connectivity index (χ4v) is 5.92. The van der Waals surface area contributed by atoms with Crippen LogP contribution in [0.1, 0.15) is 50.4 Å². The van der Waals surface area contributed by atoms with Crippen LogP contribution in [0.4, 0.5) is 4.79 Å². The number of amides is 4. The van der Waals surface area contributed by atoms with Crippen molar-refractivity contribution in [2.24, 2.45) is 5.92 Å². The van der Waals surface area contributed by atoms with Crippen molar-refractivity contribution in [2.45, 2.75) is 89.4 Å². The number of ether oxygens (including phenoxy) is 1. The summed E-state index contributed by atoms with van der Waals surface area (Å²) in [6, 6.07) is 18.3. The number of imidazole rings is 1. The van der Waals surface area contributed by atoms with E-state index in [-0.39, 0.29) is 25.4 Å². The molecule has 6 atom stereocenters. The van der Waals surface area contributed by atoms with Crippen LogP contribution in [-0.4, -0.2) is 92.1 Å². The van der Waals surface area contributed by atoms with E-state index in [0.29, 0.717) is 12.1 Å². The van der Waals surface area contributed by atoms with E-state index in [4.69, 9.17) is 4.74 Å². The molecular formula is C39H50N6O8. The number of carbonyl (C=O) groups is 4. The summed E-state index contributed by atoms with van der Waals surface area (Å²) in [5.41, 5.74) is 2.03. The van der Waals surface area contributed by atoms with E-state index < -0.39 is 73.2 Å². The van der Waals surface area contributed by atoms with E-state index in [2.05, 4.69) is 31.2 Å². The van der Waals surface area contributed by atoms with Gasteiger partial charge in [-0.15, -0.1) is 0 Å². The number of H-pyrrole nitrogens is 1. The molecule has 1 aromatic heterocycles. The van der Waals surface area contributed by atoms with Crippen LogP contribution in [-0.2, 0) is 38.6 Å². The van der Waals surface area contributed by atoms with Crippen molar-refractivity contribution in [2.75, 3.05) is 6.61 Å². The van der Waals surface area contributed by atoms with Gasteiger partial charge in [-0.1, -0.05) is 86.6 Å². The van der Waals surface area contributed by atoms with Gasteiger partial charge in [0.2, 0.25) is 17.7 Å². The van der Waals surface area contributed by atoms with Gasteiger partial charge in [-0.05, 0) is 41.2 Å². The monoisotopic (exact) mass is 730 g/mol. The molecule has 0 saturated carbocycles. The first-order valence-electron chi connectivity index (χ1n) is 17.7. The predicted octanol–water partition coefficient (Wildman–Crippen LogP) is 2.27. The van der Waals surface area contributed by atoms with Crippen molar-refractivity contribution in [1.29, 1.82) is 0 Å². The topological polar surface area (TPSA) is 215 Å². The number of benzene rings is 3. The second-order valence-corrected chi connectivity index (χ2v) is 13.5. The third kappa shape index (κ3) is 12.7. The molecule has 0 aliphatic carbocycles. The average molecular weight is 731 g/mol. The Hall–Kier alpha value is -5.31. The van der Waals surface area contributed by atoms with Gasteiger partial charge in [0.25, 0.3) is 0 Å². The fraction of sp³-hybridized carbons (Fsp3) is 0.410. The zero-order valence-corrected chi connectivity index (χ0v) is 30.2. The zero-order valence-electron chi connectivity index (χ0n) is 30.2. The number of aliphatic hydroxyl groups is 3. The Balaban J connectivity index is 1.55. The van der Waals surface area contributed by atoms with Crippen LogP contribution >= 0.6 is 0 Å². The molecule has 0 bridgehead atoms. The normalized spacial score (nSPS) is 14.7. The lowest BCUT2D eigenvalue weighted by atomic mass is 9.96. The summed E-state index contributed by atoms with van der Waals surface area (Å²) in [7, 11) is 0. The van der Waals surface area contributed by atoms with E-state index in [9.17, 15) is 34.5 Å². The van der Waals surface area contributed by atoms with E-state index >= 15 is 0 Å². The van der Waals surface area contributed by atoms with Gasteiger partial charge < -0.3 is 46.3 Å². The SMILES string of the molecule is CC(C)C[C@H](NC(=O)[C@H](Cc1c[nH]cn1)NC(=O)[C@H](Cc1cccc2ccccc12)NC(=O)OCc1ccccc1)[C@@H](O)CC(=O)NC(CO)C(C)O. The first-order valence-corrected chi connectivity index (χ1v) is 17.7. The number of nitrogens with zero attached hydrogens (tertiary/aromatic N) is 1. The molecule has 284 valence electrons. The molecular weight excluding hydrogens is 680 g/mol. The molecule has 53 heavy (non-hydrogen) atoms. The molecule has 2 unspecified atom stereocenters. The first kappa shape index (κ1) is 40.5. The second-order valence-electron chi connectivity index (χ2n) is 13.5. The summed E-state index contributed by atoms with van der Waals surface area (Å²) in [5, 5.41) is 43.1. The lowest BCUT2D eigenvalue weighted by molar-refractivity contribution is -0.131. The van der Waals surface area contributed by atoms with Crippen LogP contribution in [0.3, 0.4) is 0 Å². The van der Waals surface area contributed by atoms with Gasteiger partial charge >= 0.3 is 6.09 Å². The maximum atomic E-state index is 14.1. The molecule has 0 fully saturated rings. The molecule has 14 nitrogen and oxygen atoms in total. The summed E-state index contributed by atoms with van der Waals surface area (Å²) < 4.78 is 5.45. The Morgan fingerprint density at radius 2 is 1.47 bits per heavy atom. The van der Waals surface area contributed by atoms with Gasteiger partial charge in [-0.2, -0.15) is 0 Å². The maximum Gasteiger partial charge on any atom is 0.408 e. The van der Waals surface area contributed by atoms with Crippen LogP contribution in [0.5, 0.6) is 0 Å². The van der Waals surface area contributed by atoms with Crippen molar-refractivity contribution >= 4 is 34.6 Å². The number of hydrogen-bond acceptors (Lipinski definition) is 9. The summed E-state index contributed by atoms with van der Waals surface area (Å²) in [4.78, 5) is 61.0. The van der Waals surface area contributed by atoms with Gasteiger partial charge in [0, 0.05) is 19.0 Å². The lowest BCUT2D eigenvalue weighted by Gasteiger charge is -2.29. The van der Waals surface area contributed by atoms with Gasteiger partial charge in [-0.25, -0.2) is 9.78 Å². The minimum absolute atomic E-state index is 0.00350. The molecule has 8 N–H and O–H groups in total. The highest BCUT2D eigenvalue weighted by atomic mass is 16.5. The average Bonchev–Trinajstić information content (AvgIpc) is 3.65. The van der Waals surface area contributed by atoms with Crippen LogP contribution in [0.15, 0.2) is 85.3 Å². The smallest absolute Gasteiger partial charge is 0.408 e. The van der Waals surface area contributed by atoms with E-state index in [1.807, 2.05) is 86.6 Å². The molecule has 4 aromatic rings. The Labute approximate surface area is 308 Å². The molecule has 3 aromatic carbocycles. The molecule has 0 saturated heterocycles. The number of hydrogen-bond donors (Lipinski definition) is 8. The number of alkyl carbamates (subject to hydrolysis) is 1. The van der Waals surface area contributed by atoms with Gasteiger partial charge in [-0.3, -0.25) is 14.4 Å². The Bertz CT molecular complexity index is 1760. The van der Waals surface area contributed by atoms with Crippen LogP contribution in [0, 0.1) is 5.92 Å². The van der Waals surface area contributed by atoms with Crippen molar-refractivity contribution in [3.05, 3.63) is 102 Å². The minimum Gasteiger partial charge on any atom is -0.445 e. The molecule has 0 spiro atoms. The Kier molecular flexibility index (Phi) is 15.3. The predicted molar refractivity (Wildman–Crippen MR) is 198 cm³/mol. The van der Waals surface area contributed by atoms with E-state index in [1.54, 1.807) is 6.20 Å². The number of carbonyl (C=O) groups excluding carboxylic acids is 4. The van der Waals surface area contributed by atoms with Crippen molar-refractivity contribution < 1.29 is 39.2 Å². The highest BCUT2D eigenvalue weighted by Crippen LogP contribution is 2.20. The van der Waals surface area contributed by atoms with Crippen LogP contribution < -0.4 is 21.3 Å². The number of aliphatic hydroxyl groups excluding tert-OH is 3. The molecule has 0 radical (unpaired) electrons. The van der Waals surface area contributed by atoms with Gasteiger partial charge in [0.05, 0.1) is 49.3 Å². The van der Waals surface area contributed by atoms with Crippen LogP contribution in [0.2, 0.25) is 0 Å². The third-order valence-corrected chi connectivity index (χ3v) is 8.76. The number of nitrogens with one attached hydrogen (secondary N) is 5. The second kappa shape index (κ2) is 20.1. The van der Waals surface area contributed by atoms with Crippen LogP contribution in [0.25, 0.3) is 10.8 Å². The quantitative estimate of drug-likeness (QED) is 0.0710. The van der Waals surface area contributed by atoms with E-state index in [0.717, 1.165) is 21.9 Å². The Morgan fingerprint density at radius 1 is 0.792 bits per heavy atom. The zero-order chi connectivity index (χ0) is 38.3. The third-order valence-electron chi connectivity index (χ3n) is 8.76. The molecule has 1 heterocycles. The van der Waals surface area contributed by atoms with Crippen molar-refractivity contribution in [3.8, 4) is 0 Å². The molecule has 14 heteroatoms. The molecule has 4 amide bonds. The van der Waals surface area contributed by atoms with Gasteiger partial charge in [0.15, 0.2) is 0 Å². The summed E-state index contributed by atoms with van der Waals surface area (Å²) in [5.74, 6) is -1.92. The number of aromatic nitrogens is 2. The number of aromatic amines is 1. The summed E-state index contributed by atoms with van der Waals surface area (Å²) in [6.45, 7) is 4.69. The first-order chi connectivity index (χ1) is 25.4. The van der Waals surface area contributed by atoms with Crippen molar-refractivity contribution in [1.82, 2.24) is 31.2 Å². The Morgan fingerprint density at radius 3 is 2.15 bits per heavy atom. The largest absolute Gasteiger partial charge is 0.445 e. The highest BCUT2D eigenvalue weighted by Gasteiger charge is 2.32. The fourth-order valence-electron chi connectivity index (χ4n) is 5.92. The highest BCUT2D eigenvalue weighted by molar-refractivity contribution is 5.93. The summed E-state index contributed by atoms with van der Waals surface area (Å²) >= 11 is 0. The molecule has 4 rings (SSSR count). The number of rotatable bonds is 19. The van der Waals surface area contributed by atoms with E-state index in [1.165, 1.54) is 13.3 Å². The van der Waals surface area contributed by atoms with Crippen molar-refractivity contribution in [3.63, 3.8) is 0 Å². The maximum absolute atomic E-state index is 14.1.